The molecule has 0 aliphatic carbocycles. The quantitative estimate of drug-likeness (QED) is 0.804. The zero-order valence-electron chi connectivity index (χ0n) is 11.1. The summed E-state index contributed by atoms with van der Waals surface area (Å²) in [5, 5.41) is 8.97. The minimum atomic E-state index is 0.472. The summed E-state index contributed by atoms with van der Waals surface area (Å²) in [7, 11) is 4.21. The molecule has 4 heteroatoms. The molecular formula is C14H20N4. The van der Waals surface area contributed by atoms with Gasteiger partial charge in [-0.3, -0.25) is 0 Å². The fraction of sp³-hybridized carbons (Fsp3) is 0.500. The SMILES string of the molecule is CN1CCCC(N(C)c2cc(C#N)ccc2N)C1. The molecule has 0 amide bonds. The Bertz CT molecular complexity index is 463. The Morgan fingerprint density at radius 2 is 2.28 bits per heavy atom. The molecular weight excluding hydrogens is 224 g/mol. The molecule has 0 bridgehead atoms. The lowest BCUT2D eigenvalue weighted by atomic mass is 10.0. The third-order valence-corrected chi connectivity index (χ3v) is 3.69. The van der Waals surface area contributed by atoms with Gasteiger partial charge in [-0.05, 0) is 44.6 Å². The van der Waals surface area contributed by atoms with Gasteiger partial charge in [0.1, 0.15) is 0 Å². The Hall–Kier alpha value is -1.73. The van der Waals surface area contributed by atoms with Gasteiger partial charge in [0.05, 0.1) is 23.0 Å². The van der Waals surface area contributed by atoms with Gasteiger partial charge in [0.15, 0.2) is 0 Å². The lowest BCUT2D eigenvalue weighted by molar-refractivity contribution is 0.248. The predicted molar refractivity (Wildman–Crippen MR) is 74.5 cm³/mol. The van der Waals surface area contributed by atoms with Crippen LogP contribution in [0.25, 0.3) is 0 Å². The first-order chi connectivity index (χ1) is 8.61. The zero-order valence-corrected chi connectivity index (χ0v) is 11.1. The van der Waals surface area contributed by atoms with Crippen LogP contribution in [0.1, 0.15) is 18.4 Å². The van der Waals surface area contributed by atoms with Crippen molar-refractivity contribution in [1.82, 2.24) is 4.90 Å². The molecule has 18 heavy (non-hydrogen) atoms. The van der Waals surface area contributed by atoms with Crippen molar-refractivity contribution in [1.29, 1.82) is 5.26 Å². The van der Waals surface area contributed by atoms with E-state index in [9.17, 15) is 0 Å². The van der Waals surface area contributed by atoms with E-state index >= 15 is 0 Å². The number of nitrogens with zero attached hydrogens (tertiary/aromatic N) is 3. The molecule has 0 spiro atoms. The Labute approximate surface area is 109 Å². The molecule has 1 aliphatic rings. The van der Waals surface area contributed by atoms with E-state index in [-0.39, 0.29) is 0 Å². The number of nitrogen functional groups attached to an aromatic ring is 1. The highest BCUT2D eigenvalue weighted by atomic mass is 15.2. The number of hydrogen-bond donors (Lipinski definition) is 1. The largest absolute Gasteiger partial charge is 0.397 e. The van der Waals surface area contributed by atoms with Gasteiger partial charge >= 0.3 is 0 Å². The lowest BCUT2D eigenvalue weighted by Gasteiger charge is -2.37. The third-order valence-electron chi connectivity index (χ3n) is 3.69. The molecule has 1 aromatic carbocycles. The van der Waals surface area contributed by atoms with E-state index in [1.807, 2.05) is 12.1 Å². The number of rotatable bonds is 2. The minimum Gasteiger partial charge on any atom is -0.397 e. The standard InChI is InChI=1S/C14H20N4/c1-17-7-3-4-12(10-17)18(2)14-8-11(9-15)5-6-13(14)16/h5-6,8,12H,3-4,7,10,16H2,1-2H3. The van der Waals surface area contributed by atoms with E-state index in [2.05, 4.69) is 30.0 Å². The maximum absolute atomic E-state index is 8.97. The molecule has 2 N–H and O–H groups in total. The molecule has 1 aromatic rings. The molecule has 96 valence electrons. The van der Waals surface area contributed by atoms with Gasteiger partial charge < -0.3 is 15.5 Å². The summed E-state index contributed by atoms with van der Waals surface area (Å²) >= 11 is 0. The summed E-state index contributed by atoms with van der Waals surface area (Å²) in [5.41, 5.74) is 8.39. The van der Waals surface area contributed by atoms with Gasteiger partial charge in [-0.2, -0.15) is 5.26 Å². The second-order valence-corrected chi connectivity index (χ2v) is 5.05. The van der Waals surface area contributed by atoms with E-state index in [0.29, 0.717) is 11.6 Å². The van der Waals surface area contributed by atoms with Gasteiger partial charge in [0.25, 0.3) is 0 Å². The average molecular weight is 244 g/mol. The summed E-state index contributed by atoms with van der Waals surface area (Å²) < 4.78 is 0. The molecule has 1 fully saturated rings. The third kappa shape index (κ3) is 2.57. The molecule has 0 radical (unpaired) electrons. The summed E-state index contributed by atoms with van der Waals surface area (Å²) in [6, 6.07) is 8.10. The number of hydrogen-bond acceptors (Lipinski definition) is 4. The number of benzene rings is 1. The van der Waals surface area contributed by atoms with Crippen molar-refractivity contribution in [3.8, 4) is 6.07 Å². The summed E-state index contributed by atoms with van der Waals surface area (Å²) in [5.74, 6) is 0. The highest BCUT2D eigenvalue weighted by Gasteiger charge is 2.22. The average Bonchev–Trinajstić information content (AvgIpc) is 2.38. The fourth-order valence-corrected chi connectivity index (χ4v) is 2.57. The lowest BCUT2D eigenvalue weighted by Crippen LogP contribution is -2.45. The van der Waals surface area contributed by atoms with E-state index in [1.165, 1.54) is 12.8 Å². The summed E-state index contributed by atoms with van der Waals surface area (Å²) in [6.07, 6.45) is 2.39. The van der Waals surface area contributed by atoms with Gasteiger partial charge in [-0.1, -0.05) is 0 Å². The smallest absolute Gasteiger partial charge is 0.0992 e. The monoisotopic (exact) mass is 244 g/mol. The van der Waals surface area contributed by atoms with E-state index in [4.69, 9.17) is 11.0 Å². The highest BCUT2D eigenvalue weighted by Crippen LogP contribution is 2.27. The van der Waals surface area contributed by atoms with Crippen LogP contribution in [0, 0.1) is 11.3 Å². The summed E-state index contributed by atoms with van der Waals surface area (Å²) in [4.78, 5) is 4.56. The van der Waals surface area contributed by atoms with Crippen molar-refractivity contribution in [3.05, 3.63) is 23.8 Å². The van der Waals surface area contributed by atoms with Crippen LogP contribution in [0.15, 0.2) is 18.2 Å². The van der Waals surface area contributed by atoms with Crippen molar-refractivity contribution in [2.24, 2.45) is 0 Å². The first kappa shape index (κ1) is 12.7. The first-order valence-electron chi connectivity index (χ1n) is 6.33. The van der Waals surface area contributed by atoms with Crippen LogP contribution in [-0.2, 0) is 0 Å². The maximum atomic E-state index is 8.97. The summed E-state index contributed by atoms with van der Waals surface area (Å²) in [6.45, 7) is 2.21. The molecule has 0 aromatic heterocycles. The molecule has 1 saturated heterocycles. The van der Waals surface area contributed by atoms with Crippen LogP contribution in [0.4, 0.5) is 11.4 Å². The second kappa shape index (κ2) is 5.28. The first-order valence-corrected chi connectivity index (χ1v) is 6.33. The Morgan fingerprint density at radius 3 is 2.94 bits per heavy atom. The van der Waals surface area contributed by atoms with Crippen LogP contribution >= 0.6 is 0 Å². The minimum absolute atomic E-state index is 0.472. The topological polar surface area (TPSA) is 56.3 Å². The number of likely N-dealkylation sites (N-methyl/N-ethyl adjacent to an activating group) is 2. The molecule has 1 unspecified atom stereocenters. The van der Waals surface area contributed by atoms with Gasteiger partial charge in [0.2, 0.25) is 0 Å². The second-order valence-electron chi connectivity index (χ2n) is 5.05. The van der Waals surface area contributed by atoms with Gasteiger partial charge in [-0.15, -0.1) is 0 Å². The highest BCUT2D eigenvalue weighted by molar-refractivity contribution is 5.69. The van der Waals surface area contributed by atoms with Gasteiger partial charge in [0, 0.05) is 19.6 Å². The van der Waals surface area contributed by atoms with Crippen LogP contribution in [0.2, 0.25) is 0 Å². The molecule has 0 saturated carbocycles. The van der Waals surface area contributed by atoms with Crippen LogP contribution in [0.3, 0.4) is 0 Å². The van der Waals surface area contributed by atoms with E-state index in [0.717, 1.165) is 24.5 Å². The van der Waals surface area contributed by atoms with E-state index < -0.39 is 0 Å². The number of anilines is 2. The molecule has 1 atom stereocenters. The van der Waals surface area contributed by atoms with Crippen LogP contribution in [-0.4, -0.2) is 38.1 Å². The van der Waals surface area contributed by atoms with Crippen molar-refractivity contribution < 1.29 is 0 Å². The van der Waals surface area contributed by atoms with Crippen LogP contribution in [0.5, 0.6) is 0 Å². The Balaban J connectivity index is 2.22. The normalized spacial score (nSPS) is 20.4. The fourth-order valence-electron chi connectivity index (χ4n) is 2.57. The van der Waals surface area contributed by atoms with Crippen molar-refractivity contribution in [2.75, 3.05) is 37.8 Å². The Morgan fingerprint density at radius 1 is 1.50 bits per heavy atom. The number of nitriles is 1. The maximum Gasteiger partial charge on any atom is 0.0992 e. The molecule has 2 rings (SSSR count). The van der Waals surface area contributed by atoms with Crippen molar-refractivity contribution in [3.63, 3.8) is 0 Å². The zero-order chi connectivity index (χ0) is 13.1. The molecule has 4 nitrogen and oxygen atoms in total. The van der Waals surface area contributed by atoms with Crippen molar-refractivity contribution >= 4 is 11.4 Å². The molecule has 1 aliphatic heterocycles. The number of piperidine rings is 1. The van der Waals surface area contributed by atoms with E-state index in [1.54, 1.807) is 6.07 Å². The van der Waals surface area contributed by atoms with Gasteiger partial charge in [-0.25, -0.2) is 0 Å². The van der Waals surface area contributed by atoms with Crippen molar-refractivity contribution in [2.45, 2.75) is 18.9 Å². The predicted octanol–water partition coefficient (Wildman–Crippen LogP) is 1.67. The number of nitrogens with two attached hydrogens (primary N) is 1. The number of likely N-dealkylation sites (tertiary alicyclic amines) is 1. The Kier molecular flexibility index (Phi) is 3.73. The molecule has 1 heterocycles. The van der Waals surface area contributed by atoms with Crippen LogP contribution < -0.4 is 10.6 Å².